The molecule has 1 heteroatoms. The lowest BCUT2D eigenvalue weighted by Crippen LogP contribution is -2.07. The second-order valence-corrected chi connectivity index (χ2v) is 3.15. The Morgan fingerprint density at radius 1 is 1.56 bits per heavy atom. The Morgan fingerprint density at radius 3 is 2.56 bits per heavy atom. The number of rotatable bonds is 3. The van der Waals surface area contributed by atoms with Crippen LogP contribution < -0.4 is 0 Å². The first-order chi connectivity index (χ1) is 4.23. The molecule has 1 rings (SSSR count). The van der Waals surface area contributed by atoms with E-state index in [4.69, 9.17) is 0 Å². The molecule has 9 heavy (non-hydrogen) atoms. The molecular formula is C8H16O. The van der Waals surface area contributed by atoms with Crippen LogP contribution in [0.25, 0.3) is 0 Å². The molecule has 1 nitrogen and oxygen atoms in total. The van der Waals surface area contributed by atoms with Gasteiger partial charge in [0.05, 0.1) is 5.60 Å². The molecule has 1 aliphatic carbocycles. The summed E-state index contributed by atoms with van der Waals surface area (Å²) in [5, 5.41) is 9.53. The summed E-state index contributed by atoms with van der Waals surface area (Å²) in [6.07, 6.45) is 4.42. The van der Waals surface area contributed by atoms with E-state index in [0.29, 0.717) is 5.92 Å². The lowest BCUT2D eigenvalue weighted by molar-refractivity contribution is 0.125. The van der Waals surface area contributed by atoms with Crippen LogP contribution in [-0.4, -0.2) is 10.7 Å². The van der Waals surface area contributed by atoms with Gasteiger partial charge in [0.2, 0.25) is 0 Å². The Morgan fingerprint density at radius 2 is 2.22 bits per heavy atom. The number of aliphatic hydroxyl groups is 1. The van der Waals surface area contributed by atoms with Gasteiger partial charge in [-0.2, -0.15) is 0 Å². The van der Waals surface area contributed by atoms with Crippen molar-refractivity contribution in [3.63, 3.8) is 0 Å². The Hall–Kier alpha value is -0.0400. The largest absolute Gasteiger partial charge is 0.390 e. The smallest absolute Gasteiger partial charge is 0.0678 e. The lowest BCUT2D eigenvalue weighted by atomic mass is 10.1. The topological polar surface area (TPSA) is 20.2 Å². The summed E-state index contributed by atoms with van der Waals surface area (Å²) in [7, 11) is 0. The zero-order valence-electron chi connectivity index (χ0n) is 6.35. The number of hydrogen-bond acceptors (Lipinski definition) is 1. The van der Waals surface area contributed by atoms with Gasteiger partial charge in [-0.3, -0.25) is 0 Å². The highest BCUT2D eigenvalue weighted by molar-refractivity contribution is 5.01. The molecule has 0 spiro atoms. The van der Waals surface area contributed by atoms with Crippen molar-refractivity contribution in [1.82, 2.24) is 0 Å². The molecule has 0 aromatic rings. The van der Waals surface area contributed by atoms with Crippen LogP contribution in [-0.2, 0) is 0 Å². The normalized spacial score (nSPS) is 41.0. The van der Waals surface area contributed by atoms with Gasteiger partial charge in [-0.25, -0.2) is 0 Å². The molecule has 0 unspecified atom stereocenters. The fourth-order valence-electron chi connectivity index (χ4n) is 1.52. The van der Waals surface area contributed by atoms with Crippen LogP contribution in [0.4, 0.5) is 0 Å². The third kappa shape index (κ3) is 1.26. The highest BCUT2D eigenvalue weighted by Crippen LogP contribution is 2.48. The maximum Gasteiger partial charge on any atom is 0.0678 e. The summed E-state index contributed by atoms with van der Waals surface area (Å²) in [6, 6.07) is 0. The SMILES string of the molecule is CCC[C@H]1C[C@@]1(O)CC. The quantitative estimate of drug-likeness (QED) is 0.616. The van der Waals surface area contributed by atoms with Crippen molar-refractivity contribution < 1.29 is 5.11 Å². The highest BCUT2D eigenvalue weighted by Gasteiger charge is 2.49. The number of hydrogen-bond donors (Lipinski definition) is 1. The molecule has 1 aliphatic rings. The molecule has 1 N–H and O–H groups in total. The summed E-state index contributed by atoms with van der Waals surface area (Å²) in [5.74, 6) is 0.632. The second kappa shape index (κ2) is 2.30. The molecule has 0 bridgehead atoms. The molecule has 0 heterocycles. The molecule has 0 aromatic carbocycles. The summed E-state index contributed by atoms with van der Waals surface area (Å²) in [4.78, 5) is 0. The van der Waals surface area contributed by atoms with E-state index in [2.05, 4.69) is 13.8 Å². The predicted molar refractivity (Wildman–Crippen MR) is 38.3 cm³/mol. The summed E-state index contributed by atoms with van der Waals surface area (Å²) in [6.45, 7) is 4.24. The Labute approximate surface area is 57.1 Å². The van der Waals surface area contributed by atoms with Crippen molar-refractivity contribution in [2.75, 3.05) is 0 Å². The Balaban J connectivity index is 2.22. The van der Waals surface area contributed by atoms with Crippen molar-refractivity contribution in [3.8, 4) is 0 Å². The standard InChI is InChI=1S/C8H16O/c1-3-5-7-6-8(7,9)4-2/h7,9H,3-6H2,1-2H3/t7-,8-/m0/s1. The van der Waals surface area contributed by atoms with Crippen molar-refractivity contribution in [3.05, 3.63) is 0 Å². The molecule has 0 radical (unpaired) electrons. The van der Waals surface area contributed by atoms with Gasteiger partial charge < -0.3 is 5.11 Å². The molecule has 0 aromatic heterocycles. The lowest BCUT2D eigenvalue weighted by Gasteiger charge is -2.03. The van der Waals surface area contributed by atoms with Crippen LogP contribution in [0.3, 0.4) is 0 Å². The van der Waals surface area contributed by atoms with E-state index >= 15 is 0 Å². The minimum absolute atomic E-state index is 0.240. The monoisotopic (exact) mass is 128 g/mol. The fourth-order valence-corrected chi connectivity index (χ4v) is 1.52. The van der Waals surface area contributed by atoms with E-state index in [1.54, 1.807) is 0 Å². The third-order valence-corrected chi connectivity index (χ3v) is 2.45. The third-order valence-electron chi connectivity index (χ3n) is 2.45. The first-order valence-corrected chi connectivity index (χ1v) is 3.95. The average Bonchev–Trinajstić information content (AvgIpc) is 2.46. The molecule has 0 amide bonds. The fraction of sp³-hybridized carbons (Fsp3) is 1.00. The molecule has 1 fully saturated rings. The molecule has 1 saturated carbocycles. The first-order valence-electron chi connectivity index (χ1n) is 3.95. The summed E-state index contributed by atoms with van der Waals surface area (Å²) < 4.78 is 0. The molecular weight excluding hydrogens is 112 g/mol. The minimum atomic E-state index is -0.240. The maximum atomic E-state index is 9.53. The zero-order valence-corrected chi connectivity index (χ0v) is 6.35. The van der Waals surface area contributed by atoms with Gasteiger partial charge in [0.15, 0.2) is 0 Å². The molecule has 2 atom stereocenters. The highest BCUT2D eigenvalue weighted by atomic mass is 16.3. The van der Waals surface area contributed by atoms with E-state index in [0.717, 1.165) is 12.8 Å². The van der Waals surface area contributed by atoms with Gasteiger partial charge in [-0.15, -0.1) is 0 Å². The van der Waals surface area contributed by atoms with E-state index < -0.39 is 0 Å². The van der Waals surface area contributed by atoms with Gasteiger partial charge in [0.1, 0.15) is 0 Å². The Kier molecular flexibility index (Phi) is 1.80. The van der Waals surface area contributed by atoms with E-state index in [-0.39, 0.29) is 5.60 Å². The van der Waals surface area contributed by atoms with Crippen molar-refractivity contribution in [2.24, 2.45) is 5.92 Å². The minimum Gasteiger partial charge on any atom is -0.390 e. The molecule has 54 valence electrons. The zero-order chi connectivity index (χ0) is 6.91. The van der Waals surface area contributed by atoms with Gasteiger partial charge in [0.25, 0.3) is 0 Å². The predicted octanol–water partition coefficient (Wildman–Crippen LogP) is 1.95. The van der Waals surface area contributed by atoms with Gasteiger partial charge in [-0.05, 0) is 25.2 Å². The molecule has 0 saturated heterocycles. The van der Waals surface area contributed by atoms with Crippen LogP contribution in [0.2, 0.25) is 0 Å². The van der Waals surface area contributed by atoms with Crippen molar-refractivity contribution in [2.45, 2.75) is 45.1 Å². The first kappa shape index (κ1) is 7.07. The van der Waals surface area contributed by atoms with Crippen LogP contribution in [0.1, 0.15) is 39.5 Å². The summed E-state index contributed by atoms with van der Waals surface area (Å²) >= 11 is 0. The van der Waals surface area contributed by atoms with Crippen molar-refractivity contribution in [1.29, 1.82) is 0 Å². The van der Waals surface area contributed by atoms with Crippen LogP contribution in [0.15, 0.2) is 0 Å². The second-order valence-electron chi connectivity index (χ2n) is 3.15. The van der Waals surface area contributed by atoms with E-state index in [1.165, 1.54) is 12.8 Å². The summed E-state index contributed by atoms with van der Waals surface area (Å²) in [5.41, 5.74) is -0.240. The van der Waals surface area contributed by atoms with Crippen LogP contribution in [0, 0.1) is 5.92 Å². The maximum absolute atomic E-state index is 9.53. The Bertz CT molecular complexity index is 98.7. The van der Waals surface area contributed by atoms with Gasteiger partial charge in [0, 0.05) is 0 Å². The van der Waals surface area contributed by atoms with Gasteiger partial charge in [-0.1, -0.05) is 20.3 Å². The van der Waals surface area contributed by atoms with Crippen LogP contribution in [0.5, 0.6) is 0 Å². The van der Waals surface area contributed by atoms with E-state index in [1.807, 2.05) is 0 Å². The van der Waals surface area contributed by atoms with Crippen LogP contribution >= 0.6 is 0 Å². The van der Waals surface area contributed by atoms with E-state index in [9.17, 15) is 5.11 Å². The van der Waals surface area contributed by atoms with Crippen molar-refractivity contribution >= 4 is 0 Å². The average molecular weight is 128 g/mol. The van der Waals surface area contributed by atoms with Gasteiger partial charge >= 0.3 is 0 Å². The molecule has 0 aliphatic heterocycles.